The zero-order valence-electron chi connectivity index (χ0n) is 13.3. The standard InChI is InChI=1S/C18H12BrClN2O2S/c1-8-3-13-14(4-9(8)2)22-17(24)15(25-18(22)21-13)6-10-5-11(19)7-12(20)16(10)23/h3-7,23H,1-2H3/b15-6+. The molecular weight excluding hydrogens is 424 g/mol. The number of thiazole rings is 1. The van der Waals surface area contributed by atoms with Crippen molar-refractivity contribution in [2.45, 2.75) is 13.8 Å². The van der Waals surface area contributed by atoms with Gasteiger partial charge in [-0.05, 0) is 55.3 Å². The molecule has 0 fully saturated rings. The summed E-state index contributed by atoms with van der Waals surface area (Å²) < 4.78 is 2.84. The average molecular weight is 436 g/mol. The van der Waals surface area contributed by atoms with Gasteiger partial charge in [0.05, 0.1) is 20.6 Å². The Morgan fingerprint density at radius 3 is 2.72 bits per heavy atom. The summed E-state index contributed by atoms with van der Waals surface area (Å²) in [6.45, 7) is 4.04. The third-order valence-corrected chi connectivity index (χ3v) is 5.91. The number of hydrogen-bond donors (Lipinski definition) is 1. The number of aromatic hydroxyl groups is 1. The van der Waals surface area contributed by atoms with Crippen LogP contribution in [0.3, 0.4) is 0 Å². The van der Waals surface area contributed by atoms with Crippen LogP contribution in [0.2, 0.25) is 5.02 Å². The van der Waals surface area contributed by atoms with Crippen molar-refractivity contribution < 1.29 is 5.11 Å². The van der Waals surface area contributed by atoms with Gasteiger partial charge in [-0.2, -0.15) is 0 Å². The van der Waals surface area contributed by atoms with Gasteiger partial charge in [-0.3, -0.25) is 4.79 Å². The molecule has 2 aromatic carbocycles. The van der Waals surface area contributed by atoms with Crippen molar-refractivity contribution >= 4 is 60.9 Å². The van der Waals surface area contributed by atoms with Gasteiger partial charge in [-0.1, -0.05) is 38.9 Å². The number of imidazole rings is 1. The quantitative estimate of drug-likeness (QED) is 0.488. The minimum atomic E-state index is -0.152. The fourth-order valence-corrected chi connectivity index (χ4v) is 4.57. The van der Waals surface area contributed by atoms with Gasteiger partial charge in [-0.15, -0.1) is 0 Å². The Labute approximate surface area is 160 Å². The minimum Gasteiger partial charge on any atom is -0.506 e. The van der Waals surface area contributed by atoms with Gasteiger partial charge in [0, 0.05) is 10.0 Å². The molecule has 0 saturated heterocycles. The van der Waals surface area contributed by atoms with Crippen LogP contribution in [0, 0.1) is 13.8 Å². The van der Waals surface area contributed by atoms with E-state index in [1.54, 1.807) is 22.6 Å². The Morgan fingerprint density at radius 2 is 1.96 bits per heavy atom. The lowest BCUT2D eigenvalue weighted by Crippen LogP contribution is -2.22. The maximum Gasteiger partial charge on any atom is 0.274 e. The largest absolute Gasteiger partial charge is 0.506 e. The molecule has 4 rings (SSSR count). The number of aromatic nitrogens is 2. The van der Waals surface area contributed by atoms with Crippen molar-refractivity contribution in [2.75, 3.05) is 0 Å². The summed E-state index contributed by atoms with van der Waals surface area (Å²) in [5.41, 5.74) is 4.20. The molecule has 0 spiro atoms. The van der Waals surface area contributed by atoms with Crippen LogP contribution in [0.25, 0.3) is 22.1 Å². The summed E-state index contributed by atoms with van der Waals surface area (Å²) in [4.78, 5) is 18.1. The van der Waals surface area contributed by atoms with Gasteiger partial charge in [-0.25, -0.2) is 9.38 Å². The Kier molecular flexibility index (Phi) is 3.86. The molecule has 0 aliphatic rings. The lowest BCUT2D eigenvalue weighted by Gasteiger charge is -2.02. The third-order valence-electron chi connectivity index (χ3n) is 4.20. The van der Waals surface area contributed by atoms with E-state index in [-0.39, 0.29) is 16.3 Å². The molecule has 2 aromatic heterocycles. The van der Waals surface area contributed by atoms with Crippen LogP contribution < -0.4 is 10.1 Å². The average Bonchev–Trinajstić information content (AvgIpc) is 3.02. The van der Waals surface area contributed by atoms with E-state index < -0.39 is 0 Å². The van der Waals surface area contributed by atoms with Crippen molar-refractivity contribution in [3.05, 3.63) is 65.3 Å². The molecule has 0 radical (unpaired) electrons. The van der Waals surface area contributed by atoms with Gasteiger partial charge in [0.1, 0.15) is 5.75 Å². The number of fused-ring (bicyclic) bond motifs is 3. The number of aryl methyl sites for hydroxylation is 2. The van der Waals surface area contributed by atoms with E-state index >= 15 is 0 Å². The molecule has 0 unspecified atom stereocenters. The SMILES string of the molecule is Cc1cc2nc3s/c(=C/c4cc(Br)cc(Cl)c4O)c(=O)n3c2cc1C. The smallest absolute Gasteiger partial charge is 0.274 e. The molecule has 0 saturated carbocycles. The first-order valence-electron chi connectivity index (χ1n) is 7.47. The number of halogens is 2. The number of benzene rings is 2. The predicted molar refractivity (Wildman–Crippen MR) is 106 cm³/mol. The van der Waals surface area contributed by atoms with Crippen LogP contribution in [0.15, 0.2) is 33.5 Å². The highest BCUT2D eigenvalue weighted by Gasteiger charge is 2.13. The van der Waals surface area contributed by atoms with E-state index in [2.05, 4.69) is 20.9 Å². The summed E-state index contributed by atoms with van der Waals surface area (Å²) >= 11 is 10.6. The fraction of sp³-hybridized carbons (Fsp3) is 0.111. The highest BCUT2D eigenvalue weighted by atomic mass is 79.9. The lowest BCUT2D eigenvalue weighted by atomic mass is 10.1. The molecule has 0 amide bonds. The first kappa shape index (κ1) is 16.6. The molecule has 126 valence electrons. The summed E-state index contributed by atoms with van der Waals surface area (Å²) in [7, 11) is 0. The highest BCUT2D eigenvalue weighted by molar-refractivity contribution is 9.10. The van der Waals surface area contributed by atoms with E-state index in [0.717, 1.165) is 26.6 Å². The van der Waals surface area contributed by atoms with Gasteiger partial charge < -0.3 is 5.11 Å². The van der Waals surface area contributed by atoms with Crippen molar-refractivity contribution in [1.29, 1.82) is 0 Å². The normalized spacial score (nSPS) is 12.6. The first-order chi connectivity index (χ1) is 11.8. The van der Waals surface area contributed by atoms with E-state index in [1.165, 1.54) is 11.3 Å². The Bertz CT molecular complexity index is 1280. The Morgan fingerprint density at radius 1 is 1.24 bits per heavy atom. The zero-order valence-corrected chi connectivity index (χ0v) is 16.5. The summed E-state index contributed by atoms with van der Waals surface area (Å²) in [5, 5.41) is 10.4. The maximum atomic E-state index is 12.9. The van der Waals surface area contributed by atoms with E-state index in [0.29, 0.717) is 15.1 Å². The summed E-state index contributed by atoms with van der Waals surface area (Å²) in [5.74, 6) is -0.0494. The molecule has 1 N–H and O–H groups in total. The molecule has 4 nitrogen and oxygen atoms in total. The topological polar surface area (TPSA) is 54.6 Å². The Hall–Kier alpha value is -1.89. The molecule has 7 heteroatoms. The lowest BCUT2D eigenvalue weighted by molar-refractivity contribution is 0.474. The van der Waals surface area contributed by atoms with Gasteiger partial charge in [0.2, 0.25) is 0 Å². The van der Waals surface area contributed by atoms with Gasteiger partial charge >= 0.3 is 0 Å². The molecule has 0 atom stereocenters. The highest BCUT2D eigenvalue weighted by Crippen LogP contribution is 2.31. The predicted octanol–water partition coefficient (Wildman–Crippen LogP) is 4.20. The van der Waals surface area contributed by atoms with Crippen LogP contribution in [-0.2, 0) is 0 Å². The zero-order chi connectivity index (χ0) is 17.9. The van der Waals surface area contributed by atoms with Crippen LogP contribution in [0.1, 0.15) is 16.7 Å². The first-order valence-corrected chi connectivity index (χ1v) is 9.46. The van der Waals surface area contributed by atoms with E-state index in [4.69, 9.17) is 11.6 Å². The van der Waals surface area contributed by atoms with Crippen LogP contribution in [0.5, 0.6) is 5.75 Å². The number of phenols is 1. The van der Waals surface area contributed by atoms with Crippen molar-refractivity contribution in [1.82, 2.24) is 9.38 Å². The van der Waals surface area contributed by atoms with Crippen LogP contribution in [-0.4, -0.2) is 14.5 Å². The number of hydrogen-bond acceptors (Lipinski definition) is 4. The molecule has 0 bridgehead atoms. The van der Waals surface area contributed by atoms with E-state index in [1.807, 2.05) is 26.0 Å². The summed E-state index contributed by atoms with van der Waals surface area (Å²) in [6, 6.07) is 7.30. The fourth-order valence-electron chi connectivity index (χ4n) is 2.76. The monoisotopic (exact) mass is 434 g/mol. The number of rotatable bonds is 1. The third kappa shape index (κ3) is 2.65. The van der Waals surface area contributed by atoms with E-state index in [9.17, 15) is 9.90 Å². The Balaban J connectivity index is 2.03. The second kappa shape index (κ2) is 5.83. The van der Waals surface area contributed by atoms with Crippen molar-refractivity contribution in [2.24, 2.45) is 0 Å². The molecular formula is C18H12BrClN2O2S. The molecule has 4 aromatic rings. The van der Waals surface area contributed by atoms with Crippen LogP contribution in [0.4, 0.5) is 0 Å². The maximum absolute atomic E-state index is 12.9. The minimum absolute atomic E-state index is 0.0494. The molecule has 25 heavy (non-hydrogen) atoms. The number of nitrogens with zero attached hydrogens (tertiary/aromatic N) is 2. The van der Waals surface area contributed by atoms with Crippen LogP contribution >= 0.6 is 38.9 Å². The van der Waals surface area contributed by atoms with Crippen molar-refractivity contribution in [3.8, 4) is 5.75 Å². The second-order valence-corrected chi connectivity index (χ2v) is 8.23. The van der Waals surface area contributed by atoms with Crippen molar-refractivity contribution in [3.63, 3.8) is 0 Å². The van der Waals surface area contributed by atoms with Gasteiger partial charge in [0.25, 0.3) is 5.56 Å². The number of phenolic OH excluding ortho intramolecular Hbond substituents is 1. The second-order valence-electron chi connectivity index (χ2n) is 5.90. The molecule has 0 aliphatic heterocycles. The summed E-state index contributed by atoms with van der Waals surface area (Å²) in [6.07, 6.45) is 1.64. The van der Waals surface area contributed by atoms with Gasteiger partial charge in [0.15, 0.2) is 4.96 Å². The molecule has 2 heterocycles. The molecule has 0 aliphatic carbocycles.